The molecule has 1 amide bonds. The van der Waals surface area contributed by atoms with Crippen molar-refractivity contribution < 1.29 is 14.6 Å². The monoisotopic (exact) mass is 320 g/mol. The average molecular weight is 320 g/mol. The molecule has 0 unspecified atom stereocenters. The van der Waals surface area contributed by atoms with Crippen LogP contribution in [0, 0.1) is 18.8 Å². The van der Waals surface area contributed by atoms with E-state index in [9.17, 15) is 9.90 Å². The number of hydrogen-bond donors (Lipinski definition) is 1. The third-order valence-corrected chi connectivity index (χ3v) is 4.59. The highest BCUT2D eigenvalue weighted by molar-refractivity contribution is 5.94. The largest absolute Gasteiger partial charge is 0.396 e. The number of aliphatic hydroxyl groups excluding tert-OH is 1. The second-order valence-electron chi connectivity index (χ2n) is 6.54. The third-order valence-electron chi connectivity index (χ3n) is 4.59. The van der Waals surface area contributed by atoms with Gasteiger partial charge in [-0.2, -0.15) is 0 Å². The normalized spacial score (nSPS) is 21.2. The Balaban J connectivity index is 1.99. The van der Waals surface area contributed by atoms with E-state index in [0.29, 0.717) is 25.6 Å². The summed E-state index contributed by atoms with van der Waals surface area (Å²) in [6.45, 7) is 5.87. The molecule has 1 heterocycles. The van der Waals surface area contributed by atoms with Gasteiger partial charge in [-0.15, -0.1) is 0 Å². The Morgan fingerprint density at radius 2 is 2.13 bits per heavy atom. The van der Waals surface area contributed by atoms with Crippen molar-refractivity contribution in [1.29, 1.82) is 0 Å². The Labute approximate surface area is 138 Å². The molecule has 0 radical (unpaired) electrons. The standard InChI is InChI=1S/C18H28N2O3/c1-14-5-4-6-15(9-14)18(22)20-11-16(17(12-20)13-21)10-19(2)7-8-23-3/h4-6,9,16-17,21H,7-8,10-13H2,1-3H3/t16-,17-/m1/s1. The second kappa shape index (κ2) is 8.43. The zero-order valence-electron chi connectivity index (χ0n) is 14.4. The summed E-state index contributed by atoms with van der Waals surface area (Å²) in [5, 5.41) is 9.66. The summed E-state index contributed by atoms with van der Waals surface area (Å²) < 4.78 is 5.10. The minimum Gasteiger partial charge on any atom is -0.396 e. The van der Waals surface area contributed by atoms with Crippen LogP contribution in [-0.2, 0) is 4.74 Å². The first-order valence-corrected chi connectivity index (χ1v) is 8.19. The molecule has 5 nitrogen and oxygen atoms in total. The van der Waals surface area contributed by atoms with Crippen molar-refractivity contribution in [1.82, 2.24) is 9.80 Å². The maximum atomic E-state index is 12.7. The molecule has 1 N–H and O–H groups in total. The van der Waals surface area contributed by atoms with Crippen molar-refractivity contribution in [2.75, 3.05) is 53.6 Å². The van der Waals surface area contributed by atoms with Gasteiger partial charge in [-0.25, -0.2) is 0 Å². The van der Waals surface area contributed by atoms with Crippen LogP contribution in [0.3, 0.4) is 0 Å². The molecule has 1 aliphatic rings. The van der Waals surface area contributed by atoms with Gasteiger partial charge < -0.3 is 19.6 Å². The molecule has 1 aliphatic heterocycles. The van der Waals surface area contributed by atoms with E-state index in [1.54, 1.807) is 7.11 Å². The number of benzene rings is 1. The smallest absolute Gasteiger partial charge is 0.253 e. The summed E-state index contributed by atoms with van der Waals surface area (Å²) in [4.78, 5) is 16.8. The second-order valence-corrected chi connectivity index (χ2v) is 6.54. The molecule has 0 spiro atoms. The zero-order chi connectivity index (χ0) is 16.8. The molecule has 1 fully saturated rings. The van der Waals surface area contributed by atoms with Gasteiger partial charge in [-0.05, 0) is 32.0 Å². The van der Waals surface area contributed by atoms with Gasteiger partial charge in [-0.1, -0.05) is 17.7 Å². The number of nitrogens with zero attached hydrogens (tertiary/aromatic N) is 2. The first-order chi connectivity index (χ1) is 11.0. The number of carbonyl (C=O) groups excluding carboxylic acids is 1. The van der Waals surface area contributed by atoms with Crippen LogP contribution in [-0.4, -0.2) is 74.4 Å². The van der Waals surface area contributed by atoms with Gasteiger partial charge >= 0.3 is 0 Å². The SMILES string of the molecule is COCCN(C)C[C@@H]1CN(C(=O)c2cccc(C)c2)C[C@@H]1CO. The van der Waals surface area contributed by atoms with Crippen LogP contribution in [0.2, 0.25) is 0 Å². The minimum atomic E-state index is 0.0641. The molecule has 1 aromatic carbocycles. The van der Waals surface area contributed by atoms with Crippen LogP contribution in [0.5, 0.6) is 0 Å². The molecular formula is C18H28N2O3. The van der Waals surface area contributed by atoms with Crippen LogP contribution in [0.1, 0.15) is 15.9 Å². The Morgan fingerprint density at radius 1 is 1.39 bits per heavy atom. The molecule has 0 aromatic heterocycles. The van der Waals surface area contributed by atoms with E-state index in [1.165, 1.54) is 0 Å². The highest BCUT2D eigenvalue weighted by Gasteiger charge is 2.35. The van der Waals surface area contributed by atoms with Crippen molar-refractivity contribution in [2.24, 2.45) is 11.8 Å². The lowest BCUT2D eigenvalue weighted by molar-refractivity contribution is 0.0778. The molecular weight excluding hydrogens is 292 g/mol. The first-order valence-electron chi connectivity index (χ1n) is 8.19. The Hall–Kier alpha value is -1.43. The van der Waals surface area contributed by atoms with Crippen LogP contribution in [0.25, 0.3) is 0 Å². The lowest BCUT2D eigenvalue weighted by Gasteiger charge is -2.23. The summed E-state index contributed by atoms with van der Waals surface area (Å²) in [6, 6.07) is 7.69. The minimum absolute atomic E-state index is 0.0641. The number of amides is 1. The van der Waals surface area contributed by atoms with Crippen molar-refractivity contribution >= 4 is 5.91 Å². The zero-order valence-corrected chi connectivity index (χ0v) is 14.4. The number of aliphatic hydroxyl groups is 1. The summed E-state index contributed by atoms with van der Waals surface area (Å²) in [7, 11) is 3.75. The van der Waals surface area contributed by atoms with E-state index in [1.807, 2.05) is 36.1 Å². The highest BCUT2D eigenvalue weighted by Crippen LogP contribution is 2.25. The topological polar surface area (TPSA) is 53.0 Å². The van der Waals surface area contributed by atoms with Crippen molar-refractivity contribution in [3.8, 4) is 0 Å². The van der Waals surface area contributed by atoms with Gasteiger partial charge in [0.2, 0.25) is 0 Å². The van der Waals surface area contributed by atoms with Gasteiger partial charge in [0.05, 0.1) is 6.61 Å². The average Bonchev–Trinajstić information content (AvgIpc) is 2.95. The van der Waals surface area contributed by atoms with E-state index < -0.39 is 0 Å². The van der Waals surface area contributed by atoms with Gasteiger partial charge in [-0.3, -0.25) is 4.79 Å². The summed E-state index contributed by atoms with van der Waals surface area (Å²) >= 11 is 0. The fourth-order valence-corrected chi connectivity index (χ4v) is 3.22. The van der Waals surface area contributed by atoms with Crippen LogP contribution >= 0.6 is 0 Å². The maximum Gasteiger partial charge on any atom is 0.253 e. The molecule has 23 heavy (non-hydrogen) atoms. The first kappa shape index (κ1) is 17.9. The van der Waals surface area contributed by atoms with E-state index in [4.69, 9.17) is 4.74 Å². The van der Waals surface area contributed by atoms with Gasteiger partial charge in [0.15, 0.2) is 0 Å². The molecule has 0 saturated carbocycles. The Bertz CT molecular complexity index is 521. The lowest BCUT2D eigenvalue weighted by atomic mass is 9.96. The van der Waals surface area contributed by atoms with Crippen LogP contribution in [0.15, 0.2) is 24.3 Å². The molecule has 2 atom stereocenters. The number of aryl methyl sites for hydroxylation is 1. The van der Waals surface area contributed by atoms with Crippen LogP contribution < -0.4 is 0 Å². The molecule has 0 bridgehead atoms. The number of ether oxygens (including phenoxy) is 1. The van der Waals surface area contributed by atoms with E-state index in [0.717, 1.165) is 24.2 Å². The van der Waals surface area contributed by atoms with E-state index >= 15 is 0 Å². The Morgan fingerprint density at radius 3 is 2.78 bits per heavy atom. The van der Waals surface area contributed by atoms with Crippen molar-refractivity contribution in [2.45, 2.75) is 6.92 Å². The molecule has 1 saturated heterocycles. The fraction of sp³-hybridized carbons (Fsp3) is 0.611. The quantitative estimate of drug-likeness (QED) is 0.822. The number of hydrogen-bond acceptors (Lipinski definition) is 4. The maximum absolute atomic E-state index is 12.7. The number of likely N-dealkylation sites (tertiary alicyclic amines) is 1. The van der Waals surface area contributed by atoms with Gasteiger partial charge in [0.25, 0.3) is 5.91 Å². The summed E-state index contributed by atoms with van der Waals surface area (Å²) in [5.74, 6) is 0.513. The molecule has 2 rings (SSSR count). The highest BCUT2D eigenvalue weighted by atomic mass is 16.5. The predicted octanol–water partition coefficient (Wildman–Crippen LogP) is 1.25. The number of likely N-dealkylation sites (N-methyl/N-ethyl adjacent to an activating group) is 1. The molecule has 5 heteroatoms. The number of methoxy groups -OCH3 is 1. The van der Waals surface area contributed by atoms with E-state index in [2.05, 4.69) is 11.9 Å². The molecule has 128 valence electrons. The predicted molar refractivity (Wildman–Crippen MR) is 90.5 cm³/mol. The van der Waals surface area contributed by atoms with Gasteiger partial charge in [0.1, 0.15) is 0 Å². The summed E-state index contributed by atoms with van der Waals surface area (Å²) in [5.41, 5.74) is 1.82. The van der Waals surface area contributed by atoms with E-state index in [-0.39, 0.29) is 18.4 Å². The number of carbonyl (C=O) groups is 1. The molecule has 0 aliphatic carbocycles. The lowest BCUT2D eigenvalue weighted by Crippen LogP contribution is -2.33. The van der Waals surface area contributed by atoms with Gasteiger partial charge in [0, 0.05) is 51.4 Å². The fourth-order valence-electron chi connectivity index (χ4n) is 3.22. The number of rotatable bonds is 7. The van der Waals surface area contributed by atoms with Crippen molar-refractivity contribution in [3.05, 3.63) is 35.4 Å². The van der Waals surface area contributed by atoms with Crippen LogP contribution in [0.4, 0.5) is 0 Å². The van der Waals surface area contributed by atoms with Crippen molar-refractivity contribution in [3.63, 3.8) is 0 Å². The summed E-state index contributed by atoms with van der Waals surface area (Å²) in [6.07, 6.45) is 0. The Kier molecular flexibility index (Phi) is 6.57. The third kappa shape index (κ3) is 4.77. The molecule has 1 aromatic rings.